The second kappa shape index (κ2) is 7.96. The minimum absolute atomic E-state index is 0.0411. The van der Waals surface area contributed by atoms with E-state index >= 15 is 0 Å². The number of nitrogens with one attached hydrogen (secondary N) is 2. The number of benzene rings is 2. The first kappa shape index (κ1) is 15.7. The molecule has 2 aromatic carbocycles. The van der Waals surface area contributed by atoms with Gasteiger partial charge in [0.1, 0.15) is 5.75 Å². The Balaban J connectivity index is 0.000000200. The number of carbonyl (C=O) groups excluding carboxylic acids is 1. The number of aromatic hydroxyl groups is 1. The quantitative estimate of drug-likeness (QED) is 0.744. The van der Waals surface area contributed by atoms with Gasteiger partial charge in [0.2, 0.25) is 0 Å². The van der Waals surface area contributed by atoms with E-state index in [0.717, 1.165) is 6.21 Å². The van der Waals surface area contributed by atoms with Crippen LogP contribution >= 0.6 is 11.6 Å². The molecule has 0 fully saturated rings. The van der Waals surface area contributed by atoms with Gasteiger partial charge in [-0.3, -0.25) is 4.79 Å². The molecule has 0 aliphatic rings. The van der Waals surface area contributed by atoms with Crippen molar-refractivity contribution in [3.63, 3.8) is 0 Å². The lowest BCUT2D eigenvalue weighted by Crippen LogP contribution is -2.17. The molecule has 2 rings (SSSR count). The van der Waals surface area contributed by atoms with Crippen molar-refractivity contribution in [1.29, 1.82) is 5.41 Å². The molecule has 20 heavy (non-hydrogen) atoms. The molecule has 0 aliphatic heterocycles. The molecule has 3 N–H and O–H groups in total. The third-order valence-electron chi connectivity index (χ3n) is 2.41. The van der Waals surface area contributed by atoms with Crippen LogP contribution in [0, 0.1) is 5.41 Å². The minimum atomic E-state index is -0.0411. The molecule has 104 valence electrons. The van der Waals surface area contributed by atoms with Crippen molar-refractivity contribution < 1.29 is 9.90 Å². The highest BCUT2D eigenvalue weighted by molar-refractivity contribution is 6.30. The number of carbonyl (C=O) groups is 1. The zero-order valence-electron chi connectivity index (χ0n) is 10.9. The van der Waals surface area contributed by atoms with Crippen LogP contribution in [-0.2, 0) is 0 Å². The first-order chi connectivity index (χ1) is 9.58. The van der Waals surface area contributed by atoms with E-state index in [2.05, 4.69) is 5.32 Å². The SMILES string of the molecule is CNC(=O)c1ccccc1.N=Cc1cc(Cl)ccc1O. The highest BCUT2D eigenvalue weighted by atomic mass is 35.5. The Morgan fingerprint density at radius 3 is 2.40 bits per heavy atom. The lowest BCUT2D eigenvalue weighted by molar-refractivity contribution is 0.0963. The molecule has 0 bridgehead atoms. The van der Waals surface area contributed by atoms with Crippen molar-refractivity contribution in [2.45, 2.75) is 0 Å². The summed E-state index contributed by atoms with van der Waals surface area (Å²) in [6.07, 6.45) is 1.06. The number of hydrogen-bond acceptors (Lipinski definition) is 3. The lowest BCUT2D eigenvalue weighted by atomic mass is 10.2. The van der Waals surface area contributed by atoms with Gasteiger partial charge in [-0.2, -0.15) is 0 Å². The zero-order valence-corrected chi connectivity index (χ0v) is 11.7. The van der Waals surface area contributed by atoms with Crippen LogP contribution in [-0.4, -0.2) is 24.3 Å². The van der Waals surface area contributed by atoms with Crippen LogP contribution in [0.3, 0.4) is 0 Å². The topological polar surface area (TPSA) is 73.2 Å². The first-order valence-corrected chi connectivity index (χ1v) is 6.22. The molecule has 0 radical (unpaired) electrons. The van der Waals surface area contributed by atoms with Gasteiger partial charge in [-0.05, 0) is 30.3 Å². The third kappa shape index (κ3) is 4.74. The predicted octanol–water partition coefficient (Wildman–Crippen LogP) is 3.09. The van der Waals surface area contributed by atoms with Crippen LogP contribution in [0.15, 0.2) is 48.5 Å². The Bertz CT molecular complexity index is 586. The molecule has 0 aliphatic carbocycles. The van der Waals surface area contributed by atoms with Gasteiger partial charge in [-0.25, -0.2) is 0 Å². The van der Waals surface area contributed by atoms with Gasteiger partial charge in [0.15, 0.2) is 0 Å². The highest BCUT2D eigenvalue weighted by Gasteiger charge is 1.98. The number of phenolic OH excluding ortho intramolecular Hbond substituents is 1. The van der Waals surface area contributed by atoms with Crippen LogP contribution < -0.4 is 5.32 Å². The summed E-state index contributed by atoms with van der Waals surface area (Å²) >= 11 is 5.58. The van der Waals surface area contributed by atoms with Crippen molar-refractivity contribution in [2.24, 2.45) is 0 Å². The summed E-state index contributed by atoms with van der Waals surface area (Å²) in [5, 5.41) is 18.9. The molecule has 0 saturated heterocycles. The van der Waals surface area contributed by atoms with Crippen LogP contribution in [0.25, 0.3) is 0 Å². The Morgan fingerprint density at radius 2 is 1.90 bits per heavy atom. The number of phenols is 1. The van der Waals surface area contributed by atoms with Crippen LogP contribution in [0.1, 0.15) is 15.9 Å². The molecule has 0 aromatic heterocycles. The number of rotatable bonds is 2. The average Bonchev–Trinajstić information content (AvgIpc) is 2.50. The molecule has 0 atom stereocenters. The largest absolute Gasteiger partial charge is 0.507 e. The van der Waals surface area contributed by atoms with Gasteiger partial charge in [0, 0.05) is 29.4 Å². The summed E-state index contributed by atoms with van der Waals surface area (Å²) in [5.41, 5.74) is 1.14. The molecular weight excluding hydrogens is 276 g/mol. The average molecular weight is 291 g/mol. The van der Waals surface area contributed by atoms with E-state index in [9.17, 15) is 4.79 Å². The number of amides is 1. The van der Waals surface area contributed by atoms with Crippen molar-refractivity contribution in [3.8, 4) is 5.75 Å². The molecule has 4 nitrogen and oxygen atoms in total. The highest BCUT2D eigenvalue weighted by Crippen LogP contribution is 2.18. The maximum atomic E-state index is 10.9. The van der Waals surface area contributed by atoms with E-state index in [-0.39, 0.29) is 11.7 Å². The van der Waals surface area contributed by atoms with E-state index in [1.54, 1.807) is 25.2 Å². The van der Waals surface area contributed by atoms with E-state index < -0.39 is 0 Å². The fourth-order valence-corrected chi connectivity index (χ4v) is 1.56. The van der Waals surface area contributed by atoms with Crippen LogP contribution in [0.4, 0.5) is 0 Å². The Morgan fingerprint density at radius 1 is 1.25 bits per heavy atom. The molecule has 0 spiro atoms. The van der Waals surface area contributed by atoms with Gasteiger partial charge in [0.05, 0.1) is 0 Å². The first-order valence-electron chi connectivity index (χ1n) is 5.84. The van der Waals surface area contributed by atoms with Gasteiger partial charge >= 0.3 is 0 Å². The second-order valence-electron chi connectivity index (χ2n) is 3.79. The second-order valence-corrected chi connectivity index (χ2v) is 4.23. The van der Waals surface area contributed by atoms with Crippen molar-refractivity contribution in [1.82, 2.24) is 5.32 Å². The number of hydrogen-bond donors (Lipinski definition) is 3. The smallest absolute Gasteiger partial charge is 0.251 e. The Hall–Kier alpha value is -2.33. The maximum absolute atomic E-state index is 10.9. The number of halogens is 1. The summed E-state index contributed by atoms with van der Waals surface area (Å²) in [6, 6.07) is 13.7. The third-order valence-corrected chi connectivity index (χ3v) is 2.64. The molecule has 5 heteroatoms. The summed E-state index contributed by atoms with van der Waals surface area (Å²) in [5.74, 6) is 0.0417. The van der Waals surface area contributed by atoms with Gasteiger partial charge in [-0.1, -0.05) is 29.8 Å². The molecule has 0 heterocycles. The molecule has 0 unspecified atom stereocenters. The minimum Gasteiger partial charge on any atom is -0.507 e. The van der Waals surface area contributed by atoms with Crippen molar-refractivity contribution in [2.75, 3.05) is 7.05 Å². The maximum Gasteiger partial charge on any atom is 0.251 e. The van der Waals surface area contributed by atoms with E-state index in [0.29, 0.717) is 16.1 Å². The van der Waals surface area contributed by atoms with Gasteiger partial charge in [-0.15, -0.1) is 0 Å². The predicted molar refractivity (Wildman–Crippen MR) is 80.8 cm³/mol. The van der Waals surface area contributed by atoms with E-state index in [1.165, 1.54) is 12.1 Å². The fraction of sp³-hybridized carbons (Fsp3) is 0.0667. The normalized spacial score (nSPS) is 9.10. The molecular formula is C15H15ClN2O2. The summed E-state index contributed by atoms with van der Waals surface area (Å²) < 4.78 is 0. The van der Waals surface area contributed by atoms with Crippen molar-refractivity contribution in [3.05, 3.63) is 64.7 Å². The standard InChI is InChI=1S/C8H9NO.C7H6ClNO/c1-9-8(10)7-5-3-2-4-6-7;8-6-1-2-7(10)5(3-6)4-9/h2-6H,1H3,(H,9,10);1-4,9-10H. The fourth-order valence-electron chi connectivity index (χ4n) is 1.37. The molecule has 2 aromatic rings. The summed E-state index contributed by atoms with van der Waals surface area (Å²) in [4.78, 5) is 10.9. The van der Waals surface area contributed by atoms with Crippen LogP contribution in [0.5, 0.6) is 5.75 Å². The van der Waals surface area contributed by atoms with E-state index in [4.69, 9.17) is 22.1 Å². The monoisotopic (exact) mass is 290 g/mol. The molecule has 1 amide bonds. The zero-order chi connectivity index (χ0) is 15.0. The Kier molecular flexibility index (Phi) is 6.26. The summed E-state index contributed by atoms with van der Waals surface area (Å²) in [6.45, 7) is 0. The molecule has 0 saturated carbocycles. The van der Waals surface area contributed by atoms with E-state index in [1.807, 2.05) is 18.2 Å². The van der Waals surface area contributed by atoms with Gasteiger partial charge < -0.3 is 15.8 Å². The van der Waals surface area contributed by atoms with Crippen molar-refractivity contribution >= 4 is 23.7 Å². The summed E-state index contributed by atoms with van der Waals surface area (Å²) in [7, 11) is 1.62. The Labute approximate surface area is 122 Å². The van der Waals surface area contributed by atoms with Crippen LogP contribution in [0.2, 0.25) is 5.02 Å². The lowest BCUT2D eigenvalue weighted by Gasteiger charge is -1.96. The van der Waals surface area contributed by atoms with Gasteiger partial charge in [0.25, 0.3) is 5.91 Å².